The number of rotatable bonds is 0. The van der Waals surface area contributed by atoms with Crippen molar-refractivity contribution in [1.82, 2.24) is 5.54 Å². The van der Waals surface area contributed by atoms with Crippen molar-refractivity contribution in [3.63, 3.8) is 0 Å². The molecule has 0 saturated heterocycles. The molecule has 0 rings (SSSR count). The van der Waals surface area contributed by atoms with Gasteiger partial charge in [0.2, 0.25) is 5.91 Å². The second-order valence-electron chi connectivity index (χ2n) is 0.651. The van der Waals surface area contributed by atoms with E-state index >= 15 is 0 Å². The third-order valence-corrected chi connectivity index (χ3v) is 0.133. The molecule has 0 fully saturated rings. The summed E-state index contributed by atoms with van der Waals surface area (Å²) >= 11 is 0. The molecule has 0 unspecified atom stereocenters. The number of amides is 1. The number of halogens is 2. The summed E-state index contributed by atoms with van der Waals surface area (Å²) in [6, 6.07) is 0. The van der Waals surface area contributed by atoms with Crippen LogP contribution in [0, 0.1) is 0 Å². The van der Waals surface area contributed by atoms with Gasteiger partial charge in [-0.25, -0.2) is 0 Å². The fourth-order valence-electron chi connectivity index (χ4n) is 0. The van der Waals surface area contributed by atoms with Gasteiger partial charge in [0.25, 0.3) is 0 Å². The van der Waals surface area contributed by atoms with Gasteiger partial charge in [-0.3, -0.25) is 4.79 Å². The first-order valence-corrected chi connectivity index (χ1v) is 1.14. The highest BCUT2D eigenvalue weighted by atomic mass is 35.5. The number of hydrogen-bond donors (Lipinski definition) is 1. The van der Waals surface area contributed by atoms with Gasteiger partial charge in [0, 0.05) is 6.92 Å². The average molecular weight is 114 g/mol. The standard InChI is InChI=1S/C2H4FNO.ClH/c1-2(5)4-3;/h1H3,(H,4,5);1H. The summed E-state index contributed by atoms with van der Waals surface area (Å²) in [5, 5.41) is 0. The Labute approximate surface area is 41.1 Å². The van der Waals surface area contributed by atoms with Crippen molar-refractivity contribution >= 4 is 18.3 Å². The lowest BCUT2D eigenvalue weighted by Crippen LogP contribution is -2.06. The second-order valence-corrected chi connectivity index (χ2v) is 0.651. The minimum Gasteiger partial charge on any atom is -0.273 e. The van der Waals surface area contributed by atoms with Gasteiger partial charge in [-0.05, 0) is 0 Å². The highest BCUT2D eigenvalue weighted by Crippen LogP contribution is 1.52. The SMILES string of the molecule is CC(=O)NF.Cl. The van der Waals surface area contributed by atoms with E-state index in [-0.39, 0.29) is 12.4 Å². The first kappa shape index (κ1) is 9.19. The molecule has 1 amide bonds. The maximum Gasteiger partial charge on any atom is 0.244 e. The molecule has 0 heterocycles. The van der Waals surface area contributed by atoms with Crippen molar-refractivity contribution in [2.45, 2.75) is 6.92 Å². The molecule has 6 heavy (non-hydrogen) atoms. The molecule has 0 aromatic carbocycles. The molecule has 0 bridgehead atoms. The van der Waals surface area contributed by atoms with Crippen LogP contribution in [0.4, 0.5) is 4.48 Å². The number of carbonyl (C=O) groups is 1. The third-order valence-electron chi connectivity index (χ3n) is 0.133. The van der Waals surface area contributed by atoms with Gasteiger partial charge in [0.15, 0.2) is 0 Å². The molecule has 0 aromatic heterocycles. The van der Waals surface area contributed by atoms with E-state index in [1.807, 2.05) is 0 Å². The van der Waals surface area contributed by atoms with Crippen LogP contribution in [0.3, 0.4) is 0 Å². The van der Waals surface area contributed by atoms with E-state index in [4.69, 9.17) is 0 Å². The van der Waals surface area contributed by atoms with Crippen molar-refractivity contribution in [3.8, 4) is 0 Å². The zero-order chi connectivity index (χ0) is 4.28. The molecule has 0 aliphatic rings. The quantitative estimate of drug-likeness (QED) is 0.454. The van der Waals surface area contributed by atoms with Gasteiger partial charge >= 0.3 is 0 Å². The summed E-state index contributed by atoms with van der Waals surface area (Å²) in [7, 11) is 0. The Morgan fingerprint density at radius 3 is 2.00 bits per heavy atom. The van der Waals surface area contributed by atoms with Crippen molar-refractivity contribution in [1.29, 1.82) is 0 Å². The maximum absolute atomic E-state index is 10.5. The van der Waals surface area contributed by atoms with E-state index in [2.05, 4.69) is 0 Å². The van der Waals surface area contributed by atoms with Crippen LogP contribution < -0.4 is 5.54 Å². The molecule has 2 nitrogen and oxygen atoms in total. The fraction of sp³-hybridized carbons (Fsp3) is 0.500. The minimum absolute atomic E-state index is 0. The predicted octanol–water partition coefficient (Wildman–Crippen LogP) is 0.429. The zero-order valence-corrected chi connectivity index (χ0v) is 4.01. The zero-order valence-electron chi connectivity index (χ0n) is 3.19. The Balaban J connectivity index is 0. The number of carbonyl (C=O) groups excluding carboxylic acids is 1. The van der Waals surface area contributed by atoms with E-state index in [0.29, 0.717) is 0 Å². The Morgan fingerprint density at radius 2 is 2.00 bits per heavy atom. The van der Waals surface area contributed by atoms with Crippen LogP contribution >= 0.6 is 12.4 Å². The molecular formula is C2H5ClFNO. The summed E-state index contributed by atoms with van der Waals surface area (Å²) < 4.78 is 10.5. The van der Waals surface area contributed by atoms with E-state index in [0.717, 1.165) is 12.5 Å². The van der Waals surface area contributed by atoms with E-state index < -0.39 is 5.91 Å². The molecule has 4 heteroatoms. The highest BCUT2D eigenvalue weighted by Gasteiger charge is 1.77. The van der Waals surface area contributed by atoms with Crippen molar-refractivity contribution in [2.24, 2.45) is 0 Å². The first-order valence-electron chi connectivity index (χ1n) is 1.14. The highest BCUT2D eigenvalue weighted by molar-refractivity contribution is 5.85. The second kappa shape index (κ2) is 4.69. The van der Waals surface area contributed by atoms with Gasteiger partial charge in [-0.15, -0.1) is 16.9 Å². The maximum atomic E-state index is 10.5. The van der Waals surface area contributed by atoms with Crippen LogP contribution in [0.25, 0.3) is 0 Å². The number of nitrogens with one attached hydrogen (secondary N) is 1. The summed E-state index contributed by atoms with van der Waals surface area (Å²) in [6.07, 6.45) is 0. The molecule has 0 atom stereocenters. The summed E-state index contributed by atoms with van der Waals surface area (Å²) in [5.74, 6) is -0.662. The van der Waals surface area contributed by atoms with Crippen molar-refractivity contribution in [3.05, 3.63) is 0 Å². The van der Waals surface area contributed by atoms with Crippen molar-refractivity contribution < 1.29 is 9.28 Å². The van der Waals surface area contributed by atoms with Crippen LogP contribution in [-0.2, 0) is 4.79 Å². The third kappa shape index (κ3) is 9.35. The minimum atomic E-state index is -0.662. The summed E-state index contributed by atoms with van der Waals surface area (Å²) in [4.78, 5) is 9.33. The molecular weight excluding hydrogens is 108 g/mol. The summed E-state index contributed by atoms with van der Waals surface area (Å²) in [5.41, 5.74) is 0.889. The van der Waals surface area contributed by atoms with Crippen LogP contribution in [0.5, 0.6) is 0 Å². The Morgan fingerprint density at radius 1 is 1.83 bits per heavy atom. The first-order chi connectivity index (χ1) is 2.27. The molecule has 0 aliphatic heterocycles. The van der Waals surface area contributed by atoms with Crippen LogP contribution in [0.2, 0.25) is 0 Å². The van der Waals surface area contributed by atoms with Gasteiger partial charge < -0.3 is 0 Å². The van der Waals surface area contributed by atoms with Gasteiger partial charge in [0.05, 0.1) is 0 Å². The van der Waals surface area contributed by atoms with E-state index in [1.54, 1.807) is 0 Å². The number of hydrogen-bond acceptors (Lipinski definition) is 1. The Bertz CT molecular complexity index is 48.8. The van der Waals surface area contributed by atoms with Crippen LogP contribution in [0.15, 0.2) is 0 Å². The monoisotopic (exact) mass is 113 g/mol. The predicted molar refractivity (Wildman–Crippen MR) is 22.2 cm³/mol. The lowest BCUT2D eigenvalue weighted by molar-refractivity contribution is -0.123. The van der Waals surface area contributed by atoms with Gasteiger partial charge in [-0.2, -0.15) is 5.54 Å². The van der Waals surface area contributed by atoms with Gasteiger partial charge in [-0.1, -0.05) is 0 Å². The topological polar surface area (TPSA) is 29.1 Å². The molecule has 0 spiro atoms. The molecule has 38 valence electrons. The van der Waals surface area contributed by atoms with Crippen molar-refractivity contribution in [2.75, 3.05) is 0 Å². The molecule has 0 aliphatic carbocycles. The lowest BCUT2D eigenvalue weighted by Gasteiger charge is -1.74. The fourth-order valence-corrected chi connectivity index (χ4v) is 0. The van der Waals surface area contributed by atoms with E-state index in [1.165, 1.54) is 0 Å². The molecule has 0 radical (unpaired) electrons. The van der Waals surface area contributed by atoms with Crippen LogP contribution in [-0.4, -0.2) is 5.91 Å². The Kier molecular flexibility index (Phi) is 7.19. The molecule has 0 saturated carbocycles. The normalized spacial score (nSPS) is 5.67. The van der Waals surface area contributed by atoms with E-state index in [9.17, 15) is 9.28 Å². The average Bonchev–Trinajstić information content (AvgIpc) is 1.38. The molecule has 1 N–H and O–H groups in total. The largest absolute Gasteiger partial charge is 0.273 e. The summed E-state index contributed by atoms with van der Waals surface area (Å²) in [6.45, 7) is 1.10. The van der Waals surface area contributed by atoms with Gasteiger partial charge in [0.1, 0.15) is 0 Å². The Hall–Kier alpha value is -0.310. The van der Waals surface area contributed by atoms with Crippen LogP contribution in [0.1, 0.15) is 6.92 Å². The lowest BCUT2D eigenvalue weighted by atomic mass is 10.8. The smallest absolute Gasteiger partial charge is 0.244 e. The molecule has 0 aromatic rings.